The van der Waals surface area contributed by atoms with E-state index in [1.165, 1.54) is 96.3 Å². The first-order chi connectivity index (χ1) is 11.8. The van der Waals surface area contributed by atoms with Crippen molar-refractivity contribution in [1.82, 2.24) is 0 Å². The number of hydrogen-bond donors (Lipinski definition) is 0. The Morgan fingerprint density at radius 1 is 0.625 bits per heavy atom. The molecular formula is C22H41ClO. The van der Waals surface area contributed by atoms with E-state index in [1.54, 1.807) is 0 Å². The highest BCUT2D eigenvalue weighted by Crippen LogP contribution is 2.13. The Bertz CT molecular complexity index is 286. The Morgan fingerprint density at radius 2 is 1.00 bits per heavy atom. The van der Waals surface area contributed by atoms with Gasteiger partial charge in [-0.15, -0.1) is 0 Å². The van der Waals surface area contributed by atoms with Crippen molar-refractivity contribution in [3.8, 4) is 0 Å². The van der Waals surface area contributed by atoms with Crippen molar-refractivity contribution in [1.29, 1.82) is 0 Å². The van der Waals surface area contributed by atoms with E-state index >= 15 is 0 Å². The molecule has 0 saturated carbocycles. The third kappa shape index (κ3) is 21.7. The van der Waals surface area contributed by atoms with Gasteiger partial charge in [0.2, 0.25) is 5.24 Å². The predicted molar refractivity (Wildman–Crippen MR) is 109 cm³/mol. The summed E-state index contributed by atoms with van der Waals surface area (Å²) >= 11 is 5.32. The maximum Gasteiger partial charge on any atom is 0.221 e. The molecule has 0 radical (unpaired) electrons. The lowest BCUT2D eigenvalue weighted by Crippen LogP contribution is -1.86. The third-order valence-corrected chi connectivity index (χ3v) is 4.82. The molecule has 0 aliphatic heterocycles. The summed E-state index contributed by atoms with van der Waals surface area (Å²) in [6, 6.07) is 0. The van der Waals surface area contributed by atoms with Crippen molar-refractivity contribution in [2.24, 2.45) is 0 Å². The van der Waals surface area contributed by atoms with Gasteiger partial charge in [0.15, 0.2) is 0 Å². The largest absolute Gasteiger partial charge is 0.281 e. The molecule has 0 aromatic rings. The second-order valence-corrected chi connectivity index (χ2v) is 7.53. The highest BCUT2D eigenvalue weighted by molar-refractivity contribution is 6.63. The molecule has 0 fully saturated rings. The van der Waals surface area contributed by atoms with Crippen molar-refractivity contribution in [2.45, 2.75) is 122 Å². The monoisotopic (exact) mass is 356 g/mol. The molecular weight excluding hydrogens is 316 g/mol. The fraction of sp³-hybridized carbons (Fsp3) is 0.864. The van der Waals surface area contributed by atoms with Crippen molar-refractivity contribution in [3.05, 3.63) is 12.2 Å². The van der Waals surface area contributed by atoms with Gasteiger partial charge in [-0.2, -0.15) is 0 Å². The number of carbonyl (C=O) groups excluding carboxylic acids is 1. The Balaban J connectivity index is 3.02. The van der Waals surface area contributed by atoms with Gasteiger partial charge in [-0.05, 0) is 37.3 Å². The maximum atomic E-state index is 10.6. The summed E-state index contributed by atoms with van der Waals surface area (Å²) in [4.78, 5) is 10.6. The van der Waals surface area contributed by atoms with Crippen LogP contribution in [0.25, 0.3) is 0 Å². The van der Waals surface area contributed by atoms with E-state index in [0.717, 1.165) is 12.8 Å². The maximum absolute atomic E-state index is 10.6. The Hall–Kier alpha value is -0.300. The van der Waals surface area contributed by atoms with E-state index in [1.807, 2.05) is 0 Å². The first-order valence-electron chi connectivity index (χ1n) is 10.6. The average molecular weight is 357 g/mol. The van der Waals surface area contributed by atoms with Crippen molar-refractivity contribution >= 4 is 16.8 Å². The topological polar surface area (TPSA) is 17.1 Å². The van der Waals surface area contributed by atoms with E-state index in [2.05, 4.69) is 19.1 Å². The van der Waals surface area contributed by atoms with Gasteiger partial charge in [0.1, 0.15) is 0 Å². The van der Waals surface area contributed by atoms with Crippen molar-refractivity contribution in [2.75, 3.05) is 0 Å². The fourth-order valence-electron chi connectivity index (χ4n) is 3.03. The first kappa shape index (κ1) is 23.7. The molecule has 0 unspecified atom stereocenters. The summed E-state index contributed by atoms with van der Waals surface area (Å²) in [6.07, 6.45) is 27.8. The van der Waals surface area contributed by atoms with Crippen molar-refractivity contribution in [3.63, 3.8) is 0 Å². The summed E-state index contributed by atoms with van der Waals surface area (Å²) in [5.41, 5.74) is 0. The number of rotatable bonds is 19. The van der Waals surface area contributed by atoms with E-state index in [4.69, 9.17) is 11.6 Å². The normalized spacial score (nSPS) is 11.4. The lowest BCUT2D eigenvalue weighted by Gasteiger charge is -2.03. The van der Waals surface area contributed by atoms with Gasteiger partial charge in [0.25, 0.3) is 0 Å². The minimum absolute atomic E-state index is 0.182. The number of carbonyl (C=O) groups is 1. The molecule has 24 heavy (non-hydrogen) atoms. The third-order valence-electron chi connectivity index (χ3n) is 4.64. The zero-order chi connectivity index (χ0) is 17.7. The fourth-order valence-corrected chi connectivity index (χ4v) is 3.16. The van der Waals surface area contributed by atoms with Crippen LogP contribution in [-0.2, 0) is 4.79 Å². The van der Waals surface area contributed by atoms with E-state index in [-0.39, 0.29) is 5.24 Å². The van der Waals surface area contributed by atoms with Crippen LogP contribution in [0.3, 0.4) is 0 Å². The van der Waals surface area contributed by atoms with Gasteiger partial charge in [-0.1, -0.05) is 103 Å². The highest BCUT2D eigenvalue weighted by atomic mass is 35.5. The molecule has 0 spiro atoms. The van der Waals surface area contributed by atoms with Gasteiger partial charge in [0.05, 0.1) is 0 Å². The average Bonchev–Trinajstić information content (AvgIpc) is 2.56. The Labute approximate surface area is 156 Å². The van der Waals surface area contributed by atoms with Crippen LogP contribution >= 0.6 is 11.6 Å². The summed E-state index contributed by atoms with van der Waals surface area (Å²) in [5, 5.41) is -0.182. The van der Waals surface area contributed by atoms with Crippen molar-refractivity contribution < 1.29 is 4.79 Å². The lowest BCUT2D eigenvalue weighted by atomic mass is 10.0. The molecule has 0 atom stereocenters. The van der Waals surface area contributed by atoms with Gasteiger partial charge >= 0.3 is 0 Å². The van der Waals surface area contributed by atoms with Crippen LogP contribution < -0.4 is 0 Å². The van der Waals surface area contributed by atoms with Crippen LogP contribution in [0.4, 0.5) is 0 Å². The van der Waals surface area contributed by atoms with E-state index in [9.17, 15) is 4.79 Å². The number of hydrogen-bond acceptors (Lipinski definition) is 1. The lowest BCUT2D eigenvalue weighted by molar-refractivity contribution is -0.111. The summed E-state index contributed by atoms with van der Waals surface area (Å²) in [5.74, 6) is 0. The van der Waals surface area contributed by atoms with E-state index < -0.39 is 0 Å². The smallest absolute Gasteiger partial charge is 0.221 e. The second kappa shape index (κ2) is 20.7. The van der Waals surface area contributed by atoms with Gasteiger partial charge in [0, 0.05) is 6.42 Å². The zero-order valence-electron chi connectivity index (χ0n) is 16.2. The van der Waals surface area contributed by atoms with Gasteiger partial charge in [-0.25, -0.2) is 0 Å². The molecule has 1 nitrogen and oxygen atoms in total. The second-order valence-electron chi connectivity index (χ2n) is 7.10. The number of unbranched alkanes of at least 4 members (excludes halogenated alkanes) is 15. The molecule has 0 bridgehead atoms. The molecule has 0 aliphatic rings. The molecule has 0 amide bonds. The summed E-state index contributed by atoms with van der Waals surface area (Å²) in [6.45, 7) is 2.25. The molecule has 0 N–H and O–H groups in total. The molecule has 0 aromatic carbocycles. The van der Waals surface area contributed by atoms with Gasteiger partial charge < -0.3 is 0 Å². The molecule has 0 aliphatic carbocycles. The first-order valence-corrected chi connectivity index (χ1v) is 11.0. The minimum atomic E-state index is -0.182. The van der Waals surface area contributed by atoms with Crippen LogP contribution in [0, 0.1) is 0 Å². The number of halogens is 1. The highest BCUT2D eigenvalue weighted by Gasteiger charge is 1.96. The molecule has 2 heteroatoms. The van der Waals surface area contributed by atoms with E-state index in [0.29, 0.717) is 6.42 Å². The standard InChI is InChI=1S/C22H41ClO/c1-2-3-4-5-6-7-8-9-10-11-12-13-14-15-16-17-18-19-20-21-22(23)24/h5-6H,2-4,7-21H2,1H3/b6-5+. The SMILES string of the molecule is CCCC/C=C/CCCCCCCCCCCCCCCC(=O)Cl. The number of allylic oxidation sites excluding steroid dienone is 2. The molecule has 142 valence electrons. The van der Waals surface area contributed by atoms with Crippen LogP contribution in [0.5, 0.6) is 0 Å². The quantitative estimate of drug-likeness (QED) is 0.129. The zero-order valence-corrected chi connectivity index (χ0v) is 16.9. The van der Waals surface area contributed by atoms with Crippen LogP contribution in [-0.4, -0.2) is 5.24 Å². The summed E-state index contributed by atoms with van der Waals surface area (Å²) in [7, 11) is 0. The van der Waals surface area contributed by atoms with Crippen LogP contribution in [0.1, 0.15) is 122 Å². The van der Waals surface area contributed by atoms with Crippen LogP contribution in [0.2, 0.25) is 0 Å². The Kier molecular flexibility index (Phi) is 20.5. The van der Waals surface area contributed by atoms with Crippen LogP contribution in [0.15, 0.2) is 12.2 Å². The minimum Gasteiger partial charge on any atom is -0.281 e. The molecule has 0 rings (SSSR count). The molecule has 0 saturated heterocycles. The Morgan fingerprint density at radius 3 is 1.42 bits per heavy atom. The molecule has 0 aromatic heterocycles. The van der Waals surface area contributed by atoms with Gasteiger partial charge in [-0.3, -0.25) is 4.79 Å². The predicted octanol–water partition coefficient (Wildman–Crippen LogP) is 8.35. The molecule has 0 heterocycles. The summed E-state index contributed by atoms with van der Waals surface area (Å²) < 4.78 is 0.